The zero-order valence-electron chi connectivity index (χ0n) is 18.2. The van der Waals surface area contributed by atoms with Crippen LogP contribution in [0.25, 0.3) is 6.08 Å². The van der Waals surface area contributed by atoms with Crippen molar-refractivity contribution in [3.05, 3.63) is 95.3 Å². The summed E-state index contributed by atoms with van der Waals surface area (Å²) in [4.78, 5) is 26.8. The highest BCUT2D eigenvalue weighted by Gasteiger charge is 2.27. The highest BCUT2D eigenvalue weighted by molar-refractivity contribution is 5.98. The summed E-state index contributed by atoms with van der Waals surface area (Å²) in [6.07, 6.45) is 7.32. The number of allylic oxidation sites excluding steroid dienone is 1. The van der Waals surface area contributed by atoms with Gasteiger partial charge in [0.05, 0.1) is 11.3 Å². The van der Waals surface area contributed by atoms with Gasteiger partial charge in [0, 0.05) is 45.3 Å². The Hall–Kier alpha value is -3.31. The zero-order valence-corrected chi connectivity index (χ0v) is 18.2. The lowest BCUT2D eigenvalue weighted by molar-refractivity contribution is 0.0957. The van der Waals surface area contributed by atoms with Gasteiger partial charge in [-0.15, -0.1) is 0 Å². The summed E-state index contributed by atoms with van der Waals surface area (Å²) < 4.78 is 0. The molecule has 0 saturated carbocycles. The van der Waals surface area contributed by atoms with E-state index in [-0.39, 0.29) is 11.7 Å². The molecule has 5 nitrogen and oxygen atoms in total. The number of ketones is 1. The van der Waals surface area contributed by atoms with Gasteiger partial charge in [-0.2, -0.15) is 0 Å². The summed E-state index contributed by atoms with van der Waals surface area (Å²) in [5.74, 6) is 1.08. The van der Waals surface area contributed by atoms with Crippen LogP contribution >= 0.6 is 0 Å². The smallest absolute Gasteiger partial charge is 0.225 e. The van der Waals surface area contributed by atoms with E-state index in [0.29, 0.717) is 12.0 Å². The van der Waals surface area contributed by atoms with E-state index in [4.69, 9.17) is 4.98 Å². The summed E-state index contributed by atoms with van der Waals surface area (Å²) in [6.45, 7) is 4.74. The maximum absolute atomic E-state index is 12.7. The number of anilines is 1. The molecule has 0 spiro atoms. The number of nitrogens with zero attached hydrogens (tertiary/aromatic N) is 4. The van der Waals surface area contributed by atoms with E-state index in [9.17, 15) is 4.79 Å². The van der Waals surface area contributed by atoms with Gasteiger partial charge in [-0.1, -0.05) is 72.8 Å². The van der Waals surface area contributed by atoms with E-state index in [2.05, 4.69) is 69.4 Å². The maximum Gasteiger partial charge on any atom is 0.225 e. The first-order chi connectivity index (χ1) is 15.7. The van der Waals surface area contributed by atoms with Gasteiger partial charge in [-0.05, 0) is 23.5 Å². The minimum atomic E-state index is 0.146. The van der Waals surface area contributed by atoms with Crippen LogP contribution in [0.3, 0.4) is 0 Å². The van der Waals surface area contributed by atoms with Crippen LogP contribution in [0, 0.1) is 5.92 Å². The first-order valence-electron chi connectivity index (χ1n) is 11.4. The van der Waals surface area contributed by atoms with Gasteiger partial charge in [-0.3, -0.25) is 9.69 Å². The Morgan fingerprint density at radius 2 is 1.62 bits per heavy atom. The topological polar surface area (TPSA) is 49.3 Å². The molecule has 0 amide bonds. The predicted octanol–water partition coefficient (Wildman–Crippen LogP) is 4.26. The Labute approximate surface area is 189 Å². The van der Waals surface area contributed by atoms with E-state index < -0.39 is 0 Å². The Morgan fingerprint density at radius 3 is 2.38 bits per heavy atom. The third-order valence-electron chi connectivity index (χ3n) is 6.32. The van der Waals surface area contributed by atoms with Crippen LogP contribution in [0.2, 0.25) is 0 Å². The molecule has 32 heavy (non-hydrogen) atoms. The summed E-state index contributed by atoms with van der Waals surface area (Å²) in [7, 11) is 0. The van der Waals surface area contributed by atoms with Gasteiger partial charge in [-0.25, -0.2) is 9.97 Å². The number of benzene rings is 2. The van der Waals surface area contributed by atoms with E-state index in [1.807, 2.05) is 18.2 Å². The molecule has 0 bridgehead atoms. The van der Waals surface area contributed by atoms with Crippen LogP contribution in [-0.2, 0) is 13.0 Å². The molecule has 1 aromatic heterocycles. The number of aromatic nitrogens is 2. The van der Waals surface area contributed by atoms with Crippen molar-refractivity contribution in [3.8, 4) is 0 Å². The third-order valence-corrected chi connectivity index (χ3v) is 6.32. The number of rotatable bonds is 5. The molecule has 1 aliphatic carbocycles. The number of hydrogen-bond acceptors (Lipinski definition) is 5. The van der Waals surface area contributed by atoms with Crippen LogP contribution in [-0.4, -0.2) is 46.8 Å². The van der Waals surface area contributed by atoms with Crippen LogP contribution in [0.15, 0.2) is 72.9 Å². The van der Waals surface area contributed by atoms with Crippen LogP contribution in [0.4, 0.5) is 5.95 Å². The van der Waals surface area contributed by atoms with Crippen molar-refractivity contribution in [2.45, 2.75) is 19.4 Å². The average Bonchev–Trinajstić information content (AvgIpc) is 2.84. The van der Waals surface area contributed by atoms with Gasteiger partial charge in [0.15, 0.2) is 5.78 Å². The third kappa shape index (κ3) is 4.78. The monoisotopic (exact) mass is 424 g/mol. The molecule has 162 valence electrons. The fraction of sp³-hybridized carbons (Fsp3) is 0.296. The fourth-order valence-electron chi connectivity index (χ4n) is 4.51. The molecule has 2 aliphatic rings. The maximum atomic E-state index is 12.7. The number of Topliss-reactive ketones (excluding diaryl/α,β-unsaturated/α-hetero) is 1. The number of piperazine rings is 1. The molecule has 2 heterocycles. The predicted molar refractivity (Wildman–Crippen MR) is 128 cm³/mol. The molecular weight excluding hydrogens is 396 g/mol. The minimum absolute atomic E-state index is 0.146. The first-order valence-corrected chi connectivity index (χ1v) is 11.4. The summed E-state index contributed by atoms with van der Waals surface area (Å²) >= 11 is 0. The molecule has 0 N–H and O–H groups in total. The number of carbonyl (C=O) groups is 1. The minimum Gasteiger partial charge on any atom is -0.338 e. The molecular formula is C27H28N4O. The Balaban J connectivity index is 1.24. The Morgan fingerprint density at radius 1 is 0.906 bits per heavy atom. The van der Waals surface area contributed by atoms with Crippen molar-refractivity contribution >= 4 is 17.8 Å². The number of fused-ring (bicyclic) bond motifs is 1. The summed E-state index contributed by atoms with van der Waals surface area (Å²) in [5, 5.41) is 0. The van der Waals surface area contributed by atoms with Gasteiger partial charge in [0.2, 0.25) is 5.95 Å². The molecule has 1 saturated heterocycles. The van der Waals surface area contributed by atoms with Gasteiger partial charge in [0.25, 0.3) is 0 Å². The quantitative estimate of drug-likeness (QED) is 0.613. The number of hydrogen-bond donors (Lipinski definition) is 0. The van der Waals surface area contributed by atoms with Crippen molar-refractivity contribution in [2.75, 3.05) is 31.1 Å². The largest absolute Gasteiger partial charge is 0.338 e. The van der Waals surface area contributed by atoms with Crippen molar-refractivity contribution in [3.63, 3.8) is 0 Å². The second-order valence-electron chi connectivity index (χ2n) is 8.64. The zero-order chi connectivity index (χ0) is 21.8. The molecule has 2 aromatic carbocycles. The molecule has 5 rings (SSSR count). The molecule has 3 aromatic rings. The Kier molecular flexibility index (Phi) is 6.08. The van der Waals surface area contributed by atoms with Crippen LogP contribution < -0.4 is 4.90 Å². The van der Waals surface area contributed by atoms with Gasteiger partial charge in [0.1, 0.15) is 0 Å². The highest BCUT2D eigenvalue weighted by atomic mass is 16.1. The first kappa shape index (κ1) is 20.6. The van der Waals surface area contributed by atoms with E-state index >= 15 is 0 Å². The summed E-state index contributed by atoms with van der Waals surface area (Å²) in [6, 6.07) is 20.8. The molecule has 5 heteroatoms. The highest BCUT2D eigenvalue weighted by Crippen LogP contribution is 2.27. The molecule has 0 radical (unpaired) electrons. The molecule has 1 aliphatic heterocycles. The fourth-order valence-corrected chi connectivity index (χ4v) is 4.51. The SMILES string of the molecule is O=C1CC(/C=C/c2ccccc2)Cc2nc(N3CCN(Cc4ccccc4)CC3)ncc21. The van der Waals surface area contributed by atoms with Gasteiger partial charge >= 0.3 is 0 Å². The van der Waals surface area contributed by atoms with Crippen molar-refractivity contribution < 1.29 is 4.79 Å². The molecule has 1 atom stereocenters. The van der Waals surface area contributed by atoms with E-state index in [1.165, 1.54) is 5.56 Å². The normalized spacial score (nSPS) is 19.3. The second kappa shape index (κ2) is 9.45. The van der Waals surface area contributed by atoms with Gasteiger partial charge < -0.3 is 4.90 Å². The van der Waals surface area contributed by atoms with Crippen molar-refractivity contribution in [1.29, 1.82) is 0 Å². The number of carbonyl (C=O) groups excluding carboxylic acids is 1. The average molecular weight is 425 g/mol. The van der Waals surface area contributed by atoms with E-state index in [0.717, 1.165) is 56.4 Å². The standard InChI is InChI=1S/C27H28N4O/c32-26-18-23(12-11-21-7-3-1-4-8-21)17-25-24(26)19-28-27(29-25)31-15-13-30(14-16-31)20-22-9-5-2-6-10-22/h1-12,19,23H,13-18,20H2/b12-11+. The molecule has 1 fully saturated rings. The van der Waals surface area contributed by atoms with Crippen LogP contribution in [0.1, 0.15) is 33.6 Å². The lowest BCUT2D eigenvalue weighted by atomic mass is 9.86. The van der Waals surface area contributed by atoms with Crippen molar-refractivity contribution in [1.82, 2.24) is 14.9 Å². The lowest BCUT2D eigenvalue weighted by Gasteiger charge is -2.35. The molecule has 1 unspecified atom stereocenters. The second-order valence-corrected chi connectivity index (χ2v) is 8.64. The summed E-state index contributed by atoms with van der Waals surface area (Å²) in [5.41, 5.74) is 4.09. The van der Waals surface area contributed by atoms with Crippen molar-refractivity contribution in [2.24, 2.45) is 5.92 Å². The van der Waals surface area contributed by atoms with Crippen LogP contribution in [0.5, 0.6) is 0 Å². The van der Waals surface area contributed by atoms with E-state index in [1.54, 1.807) is 6.20 Å². The Bertz CT molecular complexity index is 1090. The lowest BCUT2D eigenvalue weighted by Crippen LogP contribution is -2.46.